The molecule has 0 aromatic heterocycles. The Morgan fingerprint density at radius 1 is 0.650 bits per heavy atom. The molecule has 0 aromatic carbocycles. The number of carbonyl (C=O) groups is 4. The Bertz CT molecular complexity index is 631. The summed E-state index contributed by atoms with van der Waals surface area (Å²) in [5.74, 6) is -0.671. The van der Waals surface area contributed by atoms with Gasteiger partial charge in [-0.3, -0.25) is 14.4 Å². The van der Waals surface area contributed by atoms with Crippen LogP contribution in [0.4, 0.5) is 0 Å². The van der Waals surface area contributed by atoms with Crippen LogP contribution in [0.2, 0.25) is 0 Å². The van der Waals surface area contributed by atoms with Crippen LogP contribution in [0.25, 0.3) is 0 Å². The molecule has 0 rings (SSSR count). The van der Waals surface area contributed by atoms with Crippen molar-refractivity contribution in [1.82, 2.24) is 10.6 Å². The first-order valence-corrected chi connectivity index (χ1v) is 15.8. The number of carboxylic acid groups (broad SMARTS) is 1. The van der Waals surface area contributed by atoms with Crippen LogP contribution in [0.3, 0.4) is 0 Å². The van der Waals surface area contributed by atoms with Crippen molar-refractivity contribution < 1.29 is 33.8 Å². The second-order valence-corrected chi connectivity index (χ2v) is 10.8. The molecule has 0 aliphatic carbocycles. The van der Waals surface area contributed by atoms with Crippen molar-refractivity contribution in [2.45, 2.75) is 141 Å². The largest absolute Gasteiger partial charge is 0.481 e. The van der Waals surface area contributed by atoms with E-state index in [0.29, 0.717) is 58.3 Å². The number of ether oxygens (including phenoxy) is 2. The molecule has 0 aromatic rings. The van der Waals surface area contributed by atoms with E-state index >= 15 is 0 Å². The molecule has 0 radical (unpaired) electrons. The lowest BCUT2D eigenvalue weighted by Gasteiger charge is -2.14. The topological polar surface area (TPSA) is 131 Å². The molecule has 40 heavy (non-hydrogen) atoms. The number of aliphatic carboxylic acids is 1. The molecule has 1 unspecified atom stereocenters. The molecular weight excluding hydrogens is 512 g/mol. The maximum Gasteiger partial charge on any atom is 0.303 e. The molecule has 0 saturated carbocycles. The van der Waals surface area contributed by atoms with Crippen LogP contribution in [0.5, 0.6) is 0 Å². The zero-order valence-electron chi connectivity index (χ0n) is 25.2. The number of carboxylic acids is 1. The molecule has 9 heteroatoms. The third kappa shape index (κ3) is 30.5. The van der Waals surface area contributed by atoms with E-state index in [4.69, 9.17) is 14.6 Å². The number of hydrogen-bond acceptors (Lipinski definition) is 6. The van der Waals surface area contributed by atoms with Crippen LogP contribution in [0.15, 0.2) is 0 Å². The second-order valence-electron chi connectivity index (χ2n) is 10.8. The zero-order chi connectivity index (χ0) is 29.5. The number of aldehydes is 1. The van der Waals surface area contributed by atoms with Gasteiger partial charge in [0.05, 0.1) is 19.8 Å². The van der Waals surface area contributed by atoms with Gasteiger partial charge in [-0.2, -0.15) is 0 Å². The first-order valence-electron chi connectivity index (χ1n) is 15.8. The molecule has 2 amide bonds. The predicted octanol–water partition coefficient (Wildman–Crippen LogP) is 5.73. The Balaban J connectivity index is 3.37. The third-order valence-electron chi connectivity index (χ3n) is 6.88. The lowest BCUT2D eigenvalue weighted by atomic mass is 10.0. The van der Waals surface area contributed by atoms with Crippen LogP contribution in [-0.4, -0.2) is 68.2 Å². The highest BCUT2D eigenvalue weighted by molar-refractivity contribution is 5.77. The maximum atomic E-state index is 12.1. The predicted molar refractivity (Wildman–Crippen MR) is 158 cm³/mol. The van der Waals surface area contributed by atoms with E-state index < -0.39 is 5.97 Å². The fourth-order valence-electron chi connectivity index (χ4n) is 4.51. The van der Waals surface area contributed by atoms with Gasteiger partial charge in [0.1, 0.15) is 12.9 Å². The van der Waals surface area contributed by atoms with Gasteiger partial charge in [0.15, 0.2) is 0 Å². The van der Waals surface area contributed by atoms with Crippen molar-refractivity contribution in [3.05, 3.63) is 0 Å². The molecule has 0 bridgehead atoms. The second kappa shape index (κ2) is 30.0. The van der Waals surface area contributed by atoms with Gasteiger partial charge in [0, 0.05) is 31.8 Å². The summed E-state index contributed by atoms with van der Waals surface area (Å²) in [5, 5.41) is 14.4. The summed E-state index contributed by atoms with van der Waals surface area (Å²) in [6.07, 6.45) is 21.7. The van der Waals surface area contributed by atoms with Crippen LogP contribution < -0.4 is 10.6 Å². The van der Waals surface area contributed by atoms with E-state index in [1.54, 1.807) is 0 Å². The van der Waals surface area contributed by atoms with Crippen LogP contribution >= 0.6 is 0 Å². The van der Waals surface area contributed by atoms with E-state index in [0.717, 1.165) is 25.7 Å². The summed E-state index contributed by atoms with van der Waals surface area (Å²) in [4.78, 5) is 44.6. The summed E-state index contributed by atoms with van der Waals surface area (Å²) in [6, 6.07) is -0.0279. The summed E-state index contributed by atoms with van der Waals surface area (Å²) in [6.45, 7) is 3.56. The van der Waals surface area contributed by atoms with E-state index in [1.165, 1.54) is 77.0 Å². The molecule has 234 valence electrons. The van der Waals surface area contributed by atoms with E-state index in [1.807, 2.05) is 6.92 Å². The molecule has 3 N–H and O–H groups in total. The fraction of sp³-hybridized carbons (Fsp3) is 0.871. The highest BCUT2D eigenvalue weighted by Gasteiger charge is 2.09. The minimum atomic E-state index is -0.681. The van der Waals surface area contributed by atoms with Crippen molar-refractivity contribution >= 4 is 24.1 Å². The van der Waals surface area contributed by atoms with Crippen molar-refractivity contribution in [2.75, 3.05) is 33.0 Å². The standard InChI is InChI=1S/C31H58N2O7/c1-28(20-21-29(35)32-22-24-39-26-27-40-25-23-34)33-30(36)18-16-14-12-10-8-6-4-2-3-5-7-9-11-13-15-17-19-31(37)38/h23,28H,2-22,24-27H2,1H3,(H,32,35)(H,33,36)(H,37,38). The SMILES string of the molecule is CC(CCC(=O)NCCOCCOCC=O)NC(=O)CCCCCCCCCCCCCCCCCCC(=O)O. The summed E-state index contributed by atoms with van der Waals surface area (Å²) >= 11 is 0. The van der Waals surface area contributed by atoms with Gasteiger partial charge in [-0.15, -0.1) is 0 Å². The average molecular weight is 571 g/mol. The molecule has 0 aliphatic heterocycles. The maximum absolute atomic E-state index is 12.1. The fourth-order valence-corrected chi connectivity index (χ4v) is 4.51. The minimum absolute atomic E-state index is 0.0279. The molecule has 0 aliphatic rings. The molecule has 0 saturated heterocycles. The molecule has 1 atom stereocenters. The van der Waals surface area contributed by atoms with Gasteiger partial charge >= 0.3 is 5.97 Å². The number of nitrogens with one attached hydrogen (secondary N) is 2. The van der Waals surface area contributed by atoms with E-state index in [-0.39, 0.29) is 24.5 Å². The smallest absolute Gasteiger partial charge is 0.303 e. The molecule has 0 fully saturated rings. The van der Waals surface area contributed by atoms with E-state index in [2.05, 4.69) is 10.6 Å². The van der Waals surface area contributed by atoms with Gasteiger partial charge in [-0.1, -0.05) is 89.9 Å². The normalized spacial score (nSPS) is 11.7. The quantitative estimate of drug-likeness (QED) is 0.0717. The minimum Gasteiger partial charge on any atom is -0.481 e. The monoisotopic (exact) mass is 570 g/mol. The molecule has 0 heterocycles. The van der Waals surface area contributed by atoms with Crippen LogP contribution in [0.1, 0.15) is 135 Å². The number of amides is 2. The lowest BCUT2D eigenvalue weighted by molar-refractivity contribution is -0.137. The first kappa shape index (κ1) is 38.0. The lowest BCUT2D eigenvalue weighted by Crippen LogP contribution is -2.34. The number of hydrogen-bond donors (Lipinski definition) is 3. The highest BCUT2D eigenvalue weighted by atomic mass is 16.5. The summed E-state index contributed by atoms with van der Waals surface area (Å²) in [7, 11) is 0. The van der Waals surface area contributed by atoms with Gasteiger partial charge in [-0.05, 0) is 26.2 Å². The van der Waals surface area contributed by atoms with Gasteiger partial charge in [0.25, 0.3) is 0 Å². The van der Waals surface area contributed by atoms with Crippen molar-refractivity contribution in [3.63, 3.8) is 0 Å². The Morgan fingerprint density at radius 3 is 1.62 bits per heavy atom. The van der Waals surface area contributed by atoms with Crippen LogP contribution in [0, 0.1) is 0 Å². The molecule has 0 spiro atoms. The van der Waals surface area contributed by atoms with Crippen molar-refractivity contribution in [2.24, 2.45) is 0 Å². The highest BCUT2D eigenvalue weighted by Crippen LogP contribution is 2.14. The van der Waals surface area contributed by atoms with Crippen molar-refractivity contribution in [3.8, 4) is 0 Å². The Kier molecular flexibility index (Phi) is 28.5. The summed E-state index contributed by atoms with van der Waals surface area (Å²) in [5.41, 5.74) is 0. The molecular formula is C31H58N2O7. The third-order valence-corrected chi connectivity index (χ3v) is 6.88. The Labute approximate surface area is 242 Å². The average Bonchev–Trinajstić information content (AvgIpc) is 2.92. The van der Waals surface area contributed by atoms with Crippen LogP contribution in [-0.2, 0) is 28.7 Å². The van der Waals surface area contributed by atoms with Gasteiger partial charge < -0.3 is 30.0 Å². The van der Waals surface area contributed by atoms with Gasteiger partial charge in [0.2, 0.25) is 11.8 Å². The van der Waals surface area contributed by atoms with Crippen molar-refractivity contribution in [1.29, 1.82) is 0 Å². The molecule has 9 nitrogen and oxygen atoms in total. The number of rotatable bonds is 31. The Morgan fingerprint density at radius 2 is 1.12 bits per heavy atom. The Hall–Kier alpha value is -2.00. The van der Waals surface area contributed by atoms with Gasteiger partial charge in [-0.25, -0.2) is 0 Å². The zero-order valence-corrected chi connectivity index (χ0v) is 25.2. The number of carbonyl (C=O) groups excluding carboxylic acids is 3. The summed E-state index contributed by atoms with van der Waals surface area (Å²) < 4.78 is 10.3. The van der Waals surface area contributed by atoms with E-state index in [9.17, 15) is 19.2 Å². The first-order chi connectivity index (χ1) is 19.5. The number of unbranched alkanes of at least 4 members (excludes halogenated alkanes) is 15.